The SMILES string of the molecule is CC1(c2ccc3nc(-c4ccc(Cl)cc4)c(CN4CCn5c(nnc5C(F)(F)F)C4)n3c2)C#CC=CC1. The number of hydrogen-bond acceptors (Lipinski definition) is 4. The molecule has 188 valence electrons. The molecule has 1 aliphatic carbocycles. The Morgan fingerprint density at radius 2 is 1.89 bits per heavy atom. The molecule has 37 heavy (non-hydrogen) atoms. The van der Waals surface area contributed by atoms with E-state index in [9.17, 15) is 13.2 Å². The molecule has 0 bridgehead atoms. The van der Waals surface area contributed by atoms with Crippen LogP contribution in [0.2, 0.25) is 5.02 Å². The minimum Gasteiger partial charge on any atom is -0.305 e. The van der Waals surface area contributed by atoms with Crippen LogP contribution in [0, 0.1) is 11.8 Å². The zero-order valence-corrected chi connectivity index (χ0v) is 20.7. The van der Waals surface area contributed by atoms with Crippen LogP contribution in [0.15, 0.2) is 54.7 Å². The molecule has 0 radical (unpaired) electrons. The Morgan fingerprint density at radius 1 is 1.08 bits per heavy atom. The first kappa shape index (κ1) is 23.8. The van der Waals surface area contributed by atoms with Gasteiger partial charge in [-0.3, -0.25) is 4.90 Å². The van der Waals surface area contributed by atoms with Crippen LogP contribution < -0.4 is 0 Å². The Morgan fingerprint density at radius 3 is 2.62 bits per heavy atom. The summed E-state index contributed by atoms with van der Waals surface area (Å²) < 4.78 is 43.2. The monoisotopic (exact) mass is 522 g/mol. The van der Waals surface area contributed by atoms with Crippen LogP contribution in [0.5, 0.6) is 0 Å². The molecule has 0 saturated carbocycles. The fourth-order valence-corrected chi connectivity index (χ4v) is 5.10. The summed E-state index contributed by atoms with van der Waals surface area (Å²) in [6.07, 6.45) is 2.32. The predicted octanol–water partition coefficient (Wildman–Crippen LogP) is 5.50. The molecule has 1 aliphatic heterocycles. The lowest BCUT2D eigenvalue weighted by Crippen LogP contribution is -2.35. The number of benzene rings is 1. The van der Waals surface area contributed by atoms with E-state index in [1.165, 1.54) is 4.57 Å². The van der Waals surface area contributed by atoms with Crippen LogP contribution in [0.4, 0.5) is 13.2 Å². The first-order chi connectivity index (χ1) is 17.7. The molecule has 0 amide bonds. The lowest BCUT2D eigenvalue weighted by Gasteiger charge is -2.28. The number of halogens is 4. The molecule has 6 rings (SSSR count). The maximum Gasteiger partial charge on any atom is 0.451 e. The maximum absolute atomic E-state index is 13.3. The highest BCUT2D eigenvalue weighted by Gasteiger charge is 2.39. The maximum atomic E-state index is 13.3. The third-order valence-electron chi connectivity index (χ3n) is 7.01. The summed E-state index contributed by atoms with van der Waals surface area (Å²) in [4.78, 5) is 7.00. The number of alkyl halides is 3. The van der Waals surface area contributed by atoms with Crippen molar-refractivity contribution in [2.75, 3.05) is 6.54 Å². The number of aromatic nitrogens is 5. The van der Waals surface area contributed by atoms with Crippen molar-refractivity contribution in [2.45, 2.75) is 44.6 Å². The van der Waals surface area contributed by atoms with Gasteiger partial charge in [-0.1, -0.05) is 47.7 Å². The summed E-state index contributed by atoms with van der Waals surface area (Å²) in [5, 5.41) is 7.87. The first-order valence-electron chi connectivity index (χ1n) is 11.9. The van der Waals surface area contributed by atoms with Crippen molar-refractivity contribution < 1.29 is 13.2 Å². The normalized spacial score (nSPS) is 19.6. The van der Waals surface area contributed by atoms with Gasteiger partial charge < -0.3 is 8.97 Å². The zero-order valence-electron chi connectivity index (χ0n) is 19.9. The van der Waals surface area contributed by atoms with Gasteiger partial charge in [-0.25, -0.2) is 4.98 Å². The van der Waals surface area contributed by atoms with Gasteiger partial charge in [-0.05, 0) is 43.2 Å². The Hall–Kier alpha value is -3.61. The van der Waals surface area contributed by atoms with Gasteiger partial charge in [0, 0.05) is 36.4 Å². The topological polar surface area (TPSA) is 51.2 Å². The van der Waals surface area contributed by atoms with Crippen LogP contribution in [-0.2, 0) is 31.2 Å². The minimum atomic E-state index is -4.53. The molecular weight excluding hydrogens is 501 g/mol. The van der Waals surface area contributed by atoms with E-state index in [0.717, 1.165) is 34.6 Å². The summed E-state index contributed by atoms with van der Waals surface area (Å²) in [5.41, 5.74) is 4.19. The molecule has 0 spiro atoms. The summed E-state index contributed by atoms with van der Waals surface area (Å²) in [6.45, 7) is 3.44. The van der Waals surface area contributed by atoms with E-state index in [4.69, 9.17) is 16.6 Å². The van der Waals surface area contributed by atoms with Crippen molar-refractivity contribution in [2.24, 2.45) is 0 Å². The molecule has 1 atom stereocenters. The number of fused-ring (bicyclic) bond motifs is 2. The largest absolute Gasteiger partial charge is 0.451 e. The second-order valence-corrected chi connectivity index (χ2v) is 10.0. The quantitative estimate of drug-likeness (QED) is 0.332. The van der Waals surface area contributed by atoms with Gasteiger partial charge in [0.1, 0.15) is 11.5 Å². The van der Waals surface area contributed by atoms with Gasteiger partial charge in [-0.15, -0.1) is 10.2 Å². The zero-order chi connectivity index (χ0) is 25.8. The van der Waals surface area contributed by atoms with Crippen molar-refractivity contribution >= 4 is 17.2 Å². The number of pyridine rings is 1. The number of rotatable bonds is 4. The molecule has 4 aromatic rings. The molecule has 2 aliphatic rings. The van der Waals surface area contributed by atoms with Crippen LogP contribution in [0.1, 0.15) is 36.3 Å². The molecule has 0 fully saturated rings. The Balaban J connectivity index is 1.41. The Labute approximate surface area is 216 Å². The van der Waals surface area contributed by atoms with Crippen LogP contribution in [-0.4, -0.2) is 35.6 Å². The van der Waals surface area contributed by atoms with Gasteiger partial charge in [0.15, 0.2) is 0 Å². The lowest BCUT2D eigenvalue weighted by molar-refractivity contribution is -0.148. The predicted molar refractivity (Wildman–Crippen MR) is 134 cm³/mol. The Bertz CT molecular complexity index is 1590. The van der Waals surface area contributed by atoms with Crippen molar-refractivity contribution in [3.8, 4) is 23.1 Å². The highest BCUT2D eigenvalue weighted by Crippen LogP contribution is 2.34. The van der Waals surface area contributed by atoms with Gasteiger partial charge >= 0.3 is 6.18 Å². The summed E-state index contributed by atoms with van der Waals surface area (Å²) in [6, 6.07) is 11.6. The van der Waals surface area contributed by atoms with Gasteiger partial charge in [0.25, 0.3) is 0 Å². The van der Waals surface area contributed by atoms with Gasteiger partial charge in [0.05, 0.1) is 23.3 Å². The highest BCUT2D eigenvalue weighted by atomic mass is 35.5. The summed E-state index contributed by atoms with van der Waals surface area (Å²) in [7, 11) is 0. The number of imidazole rings is 1. The van der Waals surface area contributed by atoms with Crippen molar-refractivity contribution in [1.29, 1.82) is 0 Å². The molecule has 4 heterocycles. The molecule has 3 aromatic heterocycles. The van der Waals surface area contributed by atoms with Crippen molar-refractivity contribution in [3.05, 3.63) is 82.7 Å². The number of nitrogens with zero attached hydrogens (tertiary/aromatic N) is 6. The van der Waals surface area contributed by atoms with E-state index in [-0.39, 0.29) is 18.5 Å². The second kappa shape index (κ2) is 8.75. The number of allylic oxidation sites excluding steroid dienone is 2. The van der Waals surface area contributed by atoms with Crippen LogP contribution >= 0.6 is 11.6 Å². The molecular formula is C27H22ClF3N6. The minimum absolute atomic E-state index is 0.162. The van der Waals surface area contributed by atoms with E-state index in [1.807, 2.05) is 36.4 Å². The summed E-state index contributed by atoms with van der Waals surface area (Å²) in [5.74, 6) is 5.79. The average Bonchev–Trinajstić information content (AvgIpc) is 3.46. The molecule has 0 N–H and O–H groups in total. The average molecular weight is 523 g/mol. The van der Waals surface area contributed by atoms with E-state index in [2.05, 4.69) is 56.6 Å². The van der Waals surface area contributed by atoms with Crippen molar-refractivity contribution in [3.63, 3.8) is 0 Å². The molecule has 6 nitrogen and oxygen atoms in total. The van der Waals surface area contributed by atoms with Crippen molar-refractivity contribution in [1.82, 2.24) is 29.0 Å². The fourth-order valence-electron chi connectivity index (χ4n) is 4.97. The molecule has 10 heteroatoms. The fraction of sp³-hybridized carbons (Fsp3) is 0.296. The van der Waals surface area contributed by atoms with Gasteiger partial charge in [-0.2, -0.15) is 13.2 Å². The van der Waals surface area contributed by atoms with Crippen LogP contribution in [0.3, 0.4) is 0 Å². The standard InChI is InChI=1S/C27H22ClF3N6/c1-26(11-3-2-4-12-26)19-7-10-22-32-24(18-5-8-20(28)9-6-18)21(37(22)15-19)16-35-13-14-36-23(17-35)33-34-25(36)27(29,30)31/h2-3,5-10,15H,11,13-14,16-17H2,1H3. The summed E-state index contributed by atoms with van der Waals surface area (Å²) >= 11 is 6.13. The van der Waals surface area contributed by atoms with E-state index >= 15 is 0 Å². The third-order valence-corrected chi connectivity index (χ3v) is 7.26. The number of hydrogen-bond donors (Lipinski definition) is 0. The van der Waals surface area contributed by atoms with Crippen LogP contribution in [0.25, 0.3) is 16.9 Å². The third kappa shape index (κ3) is 4.30. The van der Waals surface area contributed by atoms with Gasteiger partial charge in [0.2, 0.25) is 5.82 Å². The molecule has 1 unspecified atom stereocenters. The smallest absolute Gasteiger partial charge is 0.305 e. The Kier molecular flexibility index (Phi) is 5.62. The second-order valence-electron chi connectivity index (χ2n) is 9.57. The lowest BCUT2D eigenvalue weighted by atomic mass is 9.79. The van der Waals surface area contributed by atoms with E-state index in [0.29, 0.717) is 23.9 Å². The molecule has 0 saturated heterocycles. The molecule has 1 aromatic carbocycles. The van der Waals surface area contributed by atoms with E-state index < -0.39 is 12.0 Å². The highest BCUT2D eigenvalue weighted by molar-refractivity contribution is 6.30. The van der Waals surface area contributed by atoms with E-state index in [1.54, 1.807) is 0 Å². The first-order valence-corrected chi connectivity index (χ1v) is 12.3.